The van der Waals surface area contributed by atoms with E-state index in [0.717, 1.165) is 0 Å². The SMILES string of the molecule is CCO[C@H]1CN(C(=O)OC)CC1Nc1c(C)nc(-c2ccc(Cl)cc2Cl)n(C)c1=O. The van der Waals surface area contributed by atoms with Crippen molar-refractivity contribution >= 4 is 35.0 Å². The van der Waals surface area contributed by atoms with Gasteiger partial charge in [-0.3, -0.25) is 9.36 Å². The summed E-state index contributed by atoms with van der Waals surface area (Å²) in [6.45, 7) is 4.85. The molecule has 0 saturated carbocycles. The lowest BCUT2D eigenvalue weighted by molar-refractivity contribution is 0.0614. The molecule has 2 heterocycles. The van der Waals surface area contributed by atoms with E-state index in [-0.39, 0.29) is 17.7 Å². The number of likely N-dealkylation sites (tertiary alicyclic amines) is 1. The number of methoxy groups -OCH3 is 1. The minimum Gasteiger partial charge on any atom is -0.453 e. The Bertz CT molecular complexity index is 1010. The van der Waals surface area contributed by atoms with Gasteiger partial charge in [-0.2, -0.15) is 0 Å². The Morgan fingerprint density at radius 2 is 2.07 bits per heavy atom. The molecule has 8 nitrogen and oxygen atoms in total. The summed E-state index contributed by atoms with van der Waals surface area (Å²) in [5.41, 5.74) is 1.23. The standard InChI is InChI=1S/C20H24Cl2N4O4/c1-5-30-16-10-26(20(28)29-4)9-15(16)24-17-11(2)23-18(25(3)19(17)27)13-7-6-12(21)8-14(13)22/h6-8,15-16,24H,5,9-10H2,1-4H3/t15?,16-/m0/s1. The Balaban J connectivity index is 1.94. The molecule has 3 rings (SSSR count). The Morgan fingerprint density at radius 3 is 2.70 bits per heavy atom. The largest absolute Gasteiger partial charge is 0.453 e. The maximum atomic E-state index is 13.1. The van der Waals surface area contributed by atoms with Gasteiger partial charge in [-0.15, -0.1) is 0 Å². The van der Waals surface area contributed by atoms with Crippen LogP contribution in [0, 0.1) is 6.92 Å². The predicted octanol–water partition coefficient (Wildman–Crippen LogP) is 3.33. The molecule has 1 fully saturated rings. The first-order valence-corrected chi connectivity index (χ1v) is 10.3. The van der Waals surface area contributed by atoms with Crippen molar-refractivity contribution in [3.05, 3.63) is 44.3 Å². The van der Waals surface area contributed by atoms with E-state index >= 15 is 0 Å². The van der Waals surface area contributed by atoms with Crippen LogP contribution >= 0.6 is 23.2 Å². The normalized spacial score (nSPS) is 18.5. The van der Waals surface area contributed by atoms with Gasteiger partial charge in [0, 0.05) is 30.8 Å². The molecule has 1 unspecified atom stereocenters. The molecule has 162 valence electrons. The van der Waals surface area contributed by atoms with Crippen LogP contribution in [0.4, 0.5) is 10.5 Å². The van der Waals surface area contributed by atoms with E-state index in [9.17, 15) is 9.59 Å². The monoisotopic (exact) mass is 454 g/mol. The highest BCUT2D eigenvalue weighted by Gasteiger charge is 2.37. The van der Waals surface area contributed by atoms with Crippen LogP contribution in [0.5, 0.6) is 0 Å². The number of aryl methyl sites for hydroxylation is 1. The summed E-state index contributed by atoms with van der Waals surface area (Å²) >= 11 is 12.3. The summed E-state index contributed by atoms with van der Waals surface area (Å²) in [5.74, 6) is 0.439. The van der Waals surface area contributed by atoms with Gasteiger partial charge >= 0.3 is 6.09 Å². The number of nitrogens with zero attached hydrogens (tertiary/aromatic N) is 3. The molecule has 10 heteroatoms. The van der Waals surface area contributed by atoms with E-state index in [1.807, 2.05) is 6.92 Å². The van der Waals surface area contributed by atoms with Crippen molar-refractivity contribution in [2.24, 2.45) is 7.05 Å². The number of anilines is 1. The zero-order chi connectivity index (χ0) is 22.0. The van der Waals surface area contributed by atoms with Crippen LogP contribution in [0.2, 0.25) is 10.0 Å². The van der Waals surface area contributed by atoms with Gasteiger partial charge < -0.3 is 19.7 Å². The van der Waals surface area contributed by atoms with E-state index < -0.39 is 6.09 Å². The summed E-state index contributed by atoms with van der Waals surface area (Å²) in [7, 11) is 2.97. The van der Waals surface area contributed by atoms with Crippen LogP contribution in [-0.2, 0) is 16.5 Å². The van der Waals surface area contributed by atoms with Gasteiger partial charge in [0.05, 0.1) is 36.5 Å². The Hall–Kier alpha value is -2.29. The molecule has 0 aliphatic carbocycles. The summed E-state index contributed by atoms with van der Waals surface area (Å²) in [6, 6.07) is 4.76. The van der Waals surface area contributed by atoms with Gasteiger partial charge in [0.1, 0.15) is 11.5 Å². The molecule has 0 radical (unpaired) electrons. The fraction of sp³-hybridized carbons (Fsp3) is 0.450. The van der Waals surface area contributed by atoms with Crippen molar-refractivity contribution in [2.75, 3.05) is 32.1 Å². The third-order valence-electron chi connectivity index (χ3n) is 5.05. The molecule has 1 aromatic heterocycles. The molecular formula is C20H24Cl2N4O4. The van der Waals surface area contributed by atoms with Gasteiger partial charge in [0.25, 0.3) is 5.56 Å². The smallest absolute Gasteiger partial charge is 0.409 e. The van der Waals surface area contributed by atoms with E-state index in [4.69, 9.17) is 32.7 Å². The molecule has 1 N–H and O–H groups in total. The molecule has 2 atom stereocenters. The maximum absolute atomic E-state index is 13.1. The summed E-state index contributed by atoms with van der Waals surface area (Å²) < 4.78 is 12.0. The second-order valence-corrected chi connectivity index (χ2v) is 7.85. The lowest BCUT2D eigenvalue weighted by Crippen LogP contribution is -2.38. The highest BCUT2D eigenvalue weighted by atomic mass is 35.5. The molecule has 1 aliphatic rings. The van der Waals surface area contributed by atoms with E-state index in [2.05, 4.69) is 10.3 Å². The Labute approximate surface area is 184 Å². The Kier molecular flexibility index (Phi) is 6.90. The number of amides is 1. The van der Waals surface area contributed by atoms with Gasteiger partial charge in [-0.25, -0.2) is 9.78 Å². The Morgan fingerprint density at radius 1 is 1.33 bits per heavy atom. The highest BCUT2D eigenvalue weighted by Crippen LogP contribution is 2.29. The molecule has 2 aromatic rings. The molecule has 1 saturated heterocycles. The quantitative estimate of drug-likeness (QED) is 0.745. The topological polar surface area (TPSA) is 85.7 Å². The zero-order valence-electron chi connectivity index (χ0n) is 17.2. The fourth-order valence-electron chi connectivity index (χ4n) is 3.55. The summed E-state index contributed by atoms with van der Waals surface area (Å²) in [6.07, 6.45) is -0.705. The highest BCUT2D eigenvalue weighted by molar-refractivity contribution is 6.36. The molecule has 1 amide bonds. The number of hydrogen-bond donors (Lipinski definition) is 1. The molecule has 1 aliphatic heterocycles. The number of carbonyl (C=O) groups excluding carboxylic acids is 1. The van der Waals surface area contributed by atoms with Gasteiger partial charge in [-0.1, -0.05) is 23.2 Å². The third-order valence-corrected chi connectivity index (χ3v) is 5.60. The van der Waals surface area contributed by atoms with Crippen LogP contribution in [0.3, 0.4) is 0 Å². The number of benzene rings is 1. The minimum absolute atomic E-state index is 0.254. The van der Waals surface area contributed by atoms with Crippen LogP contribution in [0.1, 0.15) is 12.6 Å². The third kappa shape index (κ3) is 4.40. The van der Waals surface area contributed by atoms with E-state index in [1.165, 1.54) is 11.7 Å². The van der Waals surface area contributed by atoms with Crippen molar-refractivity contribution in [3.63, 3.8) is 0 Å². The molecule has 0 spiro atoms. The van der Waals surface area contributed by atoms with Crippen LogP contribution in [0.15, 0.2) is 23.0 Å². The van der Waals surface area contributed by atoms with Gasteiger partial charge in [-0.05, 0) is 32.0 Å². The van der Waals surface area contributed by atoms with E-state index in [1.54, 1.807) is 37.1 Å². The lowest BCUT2D eigenvalue weighted by atomic mass is 10.1. The first-order valence-electron chi connectivity index (χ1n) is 9.50. The molecule has 0 bridgehead atoms. The molecular weight excluding hydrogens is 431 g/mol. The average Bonchev–Trinajstić information content (AvgIpc) is 3.10. The number of nitrogens with one attached hydrogen (secondary N) is 1. The van der Waals surface area contributed by atoms with Gasteiger partial charge in [0.2, 0.25) is 0 Å². The zero-order valence-corrected chi connectivity index (χ0v) is 18.8. The second kappa shape index (κ2) is 9.24. The molecule has 1 aromatic carbocycles. The van der Waals surface area contributed by atoms with E-state index in [0.29, 0.717) is 52.5 Å². The van der Waals surface area contributed by atoms with Crippen molar-refractivity contribution in [1.29, 1.82) is 0 Å². The second-order valence-electron chi connectivity index (χ2n) is 7.00. The van der Waals surface area contributed by atoms with Crippen molar-refractivity contribution in [2.45, 2.75) is 26.0 Å². The maximum Gasteiger partial charge on any atom is 0.409 e. The molecule has 30 heavy (non-hydrogen) atoms. The fourth-order valence-corrected chi connectivity index (χ4v) is 4.04. The van der Waals surface area contributed by atoms with Crippen molar-refractivity contribution < 1.29 is 14.3 Å². The number of hydrogen-bond acceptors (Lipinski definition) is 6. The number of carbonyl (C=O) groups is 1. The predicted molar refractivity (Wildman–Crippen MR) is 116 cm³/mol. The van der Waals surface area contributed by atoms with Crippen molar-refractivity contribution in [1.82, 2.24) is 14.5 Å². The van der Waals surface area contributed by atoms with Crippen molar-refractivity contribution in [3.8, 4) is 11.4 Å². The van der Waals surface area contributed by atoms with Crippen LogP contribution in [0.25, 0.3) is 11.4 Å². The van der Waals surface area contributed by atoms with Gasteiger partial charge in [0.15, 0.2) is 0 Å². The first kappa shape index (κ1) is 22.4. The minimum atomic E-state index is -0.431. The number of rotatable bonds is 5. The average molecular weight is 455 g/mol. The number of halogens is 2. The van der Waals surface area contributed by atoms with Crippen LogP contribution < -0.4 is 10.9 Å². The summed E-state index contributed by atoms with van der Waals surface area (Å²) in [5, 5.41) is 4.15. The number of aromatic nitrogens is 2. The lowest BCUT2D eigenvalue weighted by Gasteiger charge is -2.22. The number of ether oxygens (including phenoxy) is 2. The van der Waals surface area contributed by atoms with Crippen LogP contribution in [-0.4, -0.2) is 59.5 Å². The first-order chi connectivity index (χ1) is 14.3. The summed E-state index contributed by atoms with van der Waals surface area (Å²) in [4.78, 5) is 31.2.